The normalized spacial score (nSPS) is 14.2. The third-order valence-electron chi connectivity index (χ3n) is 3.15. The lowest BCUT2D eigenvalue weighted by Gasteiger charge is -2.25. The van der Waals surface area contributed by atoms with Gasteiger partial charge in [0, 0.05) is 18.1 Å². The van der Waals surface area contributed by atoms with Crippen LogP contribution >= 0.6 is 11.3 Å². The van der Waals surface area contributed by atoms with Crippen molar-refractivity contribution in [2.24, 2.45) is 0 Å². The van der Waals surface area contributed by atoms with Crippen molar-refractivity contribution >= 4 is 17.2 Å². The standard InChI is InChI=1S/C14H18N2OS/c1-10(13-5-4-8-18-13)16(3)14-9-12(11(2)17)6-7-15-14/h4-11,17H,1-3H3/t10?,11-/m1/s1. The third kappa shape index (κ3) is 2.71. The average Bonchev–Trinajstić information content (AvgIpc) is 2.91. The van der Waals surface area contributed by atoms with Gasteiger partial charge >= 0.3 is 0 Å². The summed E-state index contributed by atoms with van der Waals surface area (Å²) in [6, 6.07) is 8.25. The van der Waals surface area contributed by atoms with Gasteiger partial charge in [-0.3, -0.25) is 0 Å². The summed E-state index contributed by atoms with van der Waals surface area (Å²) in [5.74, 6) is 0.884. The Morgan fingerprint density at radius 2 is 2.11 bits per heavy atom. The molecule has 2 aromatic rings. The van der Waals surface area contributed by atoms with Crippen LogP contribution in [-0.4, -0.2) is 17.1 Å². The highest BCUT2D eigenvalue weighted by Crippen LogP contribution is 2.28. The summed E-state index contributed by atoms with van der Waals surface area (Å²) in [6.07, 6.45) is 1.28. The maximum atomic E-state index is 9.61. The first-order valence-corrected chi connectivity index (χ1v) is 6.88. The average molecular weight is 262 g/mol. The number of pyridine rings is 1. The highest BCUT2D eigenvalue weighted by atomic mass is 32.1. The van der Waals surface area contributed by atoms with Crippen LogP contribution in [0.2, 0.25) is 0 Å². The molecule has 2 rings (SSSR count). The lowest BCUT2D eigenvalue weighted by Crippen LogP contribution is -2.22. The summed E-state index contributed by atoms with van der Waals surface area (Å²) < 4.78 is 0. The molecular weight excluding hydrogens is 244 g/mol. The van der Waals surface area contributed by atoms with Gasteiger partial charge in [0.25, 0.3) is 0 Å². The molecule has 0 fully saturated rings. The first-order chi connectivity index (χ1) is 8.59. The molecule has 2 heterocycles. The fourth-order valence-corrected chi connectivity index (χ4v) is 2.63. The van der Waals surface area contributed by atoms with E-state index in [9.17, 15) is 5.11 Å². The molecule has 2 atom stereocenters. The lowest BCUT2D eigenvalue weighted by molar-refractivity contribution is 0.199. The van der Waals surface area contributed by atoms with E-state index in [2.05, 4.69) is 34.3 Å². The molecular formula is C14H18N2OS. The van der Waals surface area contributed by atoms with Gasteiger partial charge in [0.2, 0.25) is 0 Å². The van der Waals surface area contributed by atoms with E-state index in [0.717, 1.165) is 11.4 Å². The van der Waals surface area contributed by atoms with Gasteiger partial charge in [-0.15, -0.1) is 11.3 Å². The third-order valence-corrected chi connectivity index (χ3v) is 4.19. The molecule has 1 unspecified atom stereocenters. The molecule has 0 amide bonds. The van der Waals surface area contributed by atoms with Crippen molar-refractivity contribution in [1.29, 1.82) is 0 Å². The maximum Gasteiger partial charge on any atom is 0.129 e. The van der Waals surface area contributed by atoms with E-state index in [1.54, 1.807) is 24.5 Å². The molecule has 0 aromatic carbocycles. The molecule has 0 spiro atoms. The molecule has 0 aliphatic heterocycles. The molecule has 18 heavy (non-hydrogen) atoms. The smallest absolute Gasteiger partial charge is 0.129 e. The van der Waals surface area contributed by atoms with Crippen molar-refractivity contribution in [3.05, 3.63) is 46.3 Å². The molecule has 0 saturated heterocycles. The number of anilines is 1. The molecule has 0 bridgehead atoms. The summed E-state index contributed by atoms with van der Waals surface area (Å²) in [6.45, 7) is 3.92. The predicted molar refractivity (Wildman–Crippen MR) is 76.0 cm³/mol. The van der Waals surface area contributed by atoms with Crippen molar-refractivity contribution in [1.82, 2.24) is 4.98 Å². The fraction of sp³-hybridized carbons (Fsp3) is 0.357. The zero-order valence-electron chi connectivity index (χ0n) is 10.9. The van der Waals surface area contributed by atoms with E-state index >= 15 is 0 Å². The quantitative estimate of drug-likeness (QED) is 0.917. The first-order valence-electron chi connectivity index (χ1n) is 6.00. The number of thiophene rings is 1. The SMILES string of the molecule is CC(c1cccs1)N(C)c1cc([C@@H](C)O)ccn1. The second kappa shape index (κ2) is 5.50. The number of aromatic nitrogens is 1. The van der Waals surface area contributed by atoms with E-state index in [4.69, 9.17) is 0 Å². The minimum Gasteiger partial charge on any atom is -0.389 e. The van der Waals surface area contributed by atoms with Gasteiger partial charge < -0.3 is 10.0 Å². The van der Waals surface area contributed by atoms with Crippen LogP contribution in [0.5, 0.6) is 0 Å². The largest absolute Gasteiger partial charge is 0.389 e. The van der Waals surface area contributed by atoms with Gasteiger partial charge in [0.15, 0.2) is 0 Å². The van der Waals surface area contributed by atoms with Crippen molar-refractivity contribution in [3.8, 4) is 0 Å². The molecule has 0 aliphatic rings. The van der Waals surface area contributed by atoms with Crippen LogP contribution in [0.15, 0.2) is 35.8 Å². The van der Waals surface area contributed by atoms with Crippen LogP contribution in [-0.2, 0) is 0 Å². The Hall–Kier alpha value is -1.39. The summed E-state index contributed by atoms with van der Waals surface area (Å²) in [7, 11) is 2.03. The minimum atomic E-state index is -0.461. The Bertz CT molecular complexity index is 496. The summed E-state index contributed by atoms with van der Waals surface area (Å²) in [4.78, 5) is 7.80. The molecule has 2 aromatic heterocycles. The molecule has 1 N–H and O–H groups in total. The van der Waals surface area contributed by atoms with E-state index in [1.165, 1.54) is 4.88 Å². The predicted octanol–water partition coefficient (Wildman–Crippen LogP) is 3.39. The molecule has 0 aliphatic carbocycles. The van der Waals surface area contributed by atoms with E-state index in [1.807, 2.05) is 19.2 Å². The zero-order valence-corrected chi connectivity index (χ0v) is 11.7. The number of rotatable bonds is 4. The van der Waals surface area contributed by atoms with Crippen LogP contribution in [0.25, 0.3) is 0 Å². The Morgan fingerprint density at radius 1 is 1.33 bits per heavy atom. The van der Waals surface area contributed by atoms with Gasteiger partial charge in [-0.1, -0.05) is 6.07 Å². The molecule has 4 heteroatoms. The van der Waals surface area contributed by atoms with Crippen molar-refractivity contribution in [2.45, 2.75) is 26.0 Å². The van der Waals surface area contributed by atoms with E-state index < -0.39 is 6.10 Å². The molecule has 0 saturated carbocycles. The van der Waals surface area contributed by atoms with Gasteiger partial charge in [-0.25, -0.2) is 4.98 Å². The highest BCUT2D eigenvalue weighted by molar-refractivity contribution is 7.10. The number of nitrogens with zero attached hydrogens (tertiary/aromatic N) is 2. The van der Waals surface area contributed by atoms with Crippen LogP contribution in [0.3, 0.4) is 0 Å². The fourth-order valence-electron chi connectivity index (χ4n) is 1.81. The summed E-state index contributed by atoms with van der Waals surface area (Å²) in [5, 5.41) is 11.7. The maximum absolute atomic E-state index is 9.61. The van der Waals surface area contributed by atoms with Gasteiger partial charge in [0.1, 0.15) is 5.82 Å². The first kappa shape index (κ1) is 13.1. The Kier molecular flexibility index (Phi) is 3.99. The second-order valence-corrected chi connectivity index (χ2v) is 5.40. The summed E-state index contributed by atoms with van der Waals surface area (Å²) >= 11 is 1.75. The molecule has 0 radical (unpaired) electrons. The lowest BCUT2D eigenvalue weighted by atomic mass is 10.1. The van der Waals surface area contributed by atoms with Crippen LogP contribution in [0.1, 0.15) is 36.4 Å². The number of aliphatic hydroxyl groups is 1. The van der Waals surface area contributed by atoms with Gasteiger partial charge in [-0.05, 0) is 43.0 Å². The Labute approximate surface area is 112 Å². The van der Waals surface area contributed by atoms with Crippen molar-refractivity contribution in [3.63, 3.8) is 0 Å². The number of aliphatic hydroxyl groups excluding tert-OH is 1. The highest BCUT2D eigenvalue weighted by Gasteiger charge is 2.15. The topological polar surface area (TPSA) is 36.4 Å². The zero-order chi connectivity index (χ0) is 13.1. The van der Waals surface area contributed by atoms with Crippen molar-refractivity contribution in [2.75, 3.05) is 11.9 Å². The molecule has 3 nitrogen and oxygen atoms in total. The number of hydrogen-bond acceptors (Lipinski definition) is 4. The Balaban J connectivity index is 2.23. The minimum absolute atomic E-state index is 0.279. The van der Waals surface area contributed by atoms with E-state index in [-0.39, 0.29) is 6.04 Å². The van der Waals surface area contributed by atoms with Crippen LogP contribution in [0, 0.1) is 0 Å². The van der Waals surface area contributed by atoms with E-state index in [0.29, 0.717) is 0 Å². The van der Waals surface area contributed by atoms with Crippen LogP contribution < -0.4 is 4.90 Å². The summed E-state index contributed by atoms with van der Waals surface area (Å²) in [5.41, 5.74) is 0.894. The van der Waals surface area contributed by atoms with Gasteiger partial charge in [-0.2, -0.15) is 0 Å². The van der Waals surface area contributed by atoms with Crippen LogP contribution in [0.4, 0.5) is 5.82 Å². The number of hydrogen-bond donors (Lipinski definition) is 1. The van der Waals surface area contributed by atoms with Crippen molar-refractivity contribution < 1.29 is 5.11 Å². The van der Waals surface area contributed by atoms with Gasteiger partial charge in [0.05, 0.1) is 12.1 Å². The molecule has 96 valence electrons. The Morgan fingerprint density at radius 3 is 2.72 bits per heavy atom. The monoisotopic (exact) mass is 262 g/mol. The second-order valence-electron chi connectivity index (χ2n) is 4.43.